The van der Waals surface area contributed by atoms with Gasteiger partial charge in [0.1, 0.15) is 23.4 Å². The number of aromatic hydroxyl groups is 1. The number of hydrogen-bond donors (Lipinski definition) is 3. The van der Waals surface area contributed by atoms with Crippen LogP contribution in [-0.4, -0.2) is 51.6 Å². The molecule has 1 aromatic rings. The maximum Gasteiger partial charge on any atom is 0.408 e. The predicted octanol–water partition coefficient (Wildman–Crippen LogP) is 4.52. The number of nitrogens with zero attached hydrogens (tertiary/aromatic N) is 1. The van der Waals surface area contributed by atoms with Crippen LogP contribution in [0.25, 0.3) is 0 Å². The van der Waals surface area contributed by atoms with Crippen molar-refractivity contribution in [3.05, 3.63) is 29.8 Å². The lowest BCUT2D eigenvalue weighted by Crippen LogP contribution is -2.56. The number of nitrogens with one attached hydrogen (secondary N) is 2. The highest BCUT2D eigenvalue weighted by atomic mass is 16.6. The van der Waals surface area contributed by atoms with E-state index in [-0.39, 0.29) is 23.8 Å². The summed E-state index contributed by atoms with van der Waals surface area (Å²) < 4.78 is 5.39. The Morgan fingerprint density at radius 3 is 2.09 bits per heavy atom. The molecule has 3 amide bonds. The second kappa shape index (κ2) is 12.6. The first kappa shape index (κ1) is 29.3. The van der Waals surface area contributed by atoms with Crippen LogP contribution in [-0.2, 0) is 14.3 Å². The molecule has 0 fully saturated rings. The summed E-state index contributed by atoms with van der Waals surface area (Å²) in [6.07, 6.45) is 0.247. The molecule has 192 valence electrons. The van der Waals surface area contributed by atoms with E-state index in [2.05, 4.69) is 10.6 Å². The van der Waals surface area contributed by atoms with Gasteiger partial charge in [-0.2, -0.15) is 0 Å². The number of phenolic OH excluding ortho intramolecular Hbond substituents is 1. The molecular weight excluding hydrogens is 434 g/mol. The lowest BCUT2D eigenvalue weighted by Gasteiger charge is -2.39. The molecule has 0 aromatic heterocycles. The van der Waals surface area contributed by atoms with Gasteiger partial charge in [0.15, 0.2) is 0 Å². The van der Waals surface area contributed by atoms with E-state index in [1.54, 1.807) is 39.0 Å². The molecule has 1 aromatic carbocycles. The van der Waals surface area contributed by atoms with Crippen LogP contribution in [0.15, 0.2) is 24.3 Å². The van der Waals surface area contributed by atoms with Crippen molar-refractivity contribution in [3.8, 4) is 5.75 Å². The molecule has 8 nitrogen and oxygen atoms in total. The first-order chi connectivity index (χ1) is 15.7. The van der Waals surface area contributed by atoms with Gasteiger partial charge in [-0.25, -0.2) is 4.79 Å². The first-order valence-electron chi connectivity index (χ1n) is 12.1. The molecule has 0 aliphatic heterocycles. The van der Waals surface area contributed by atoms with E-state index >= 15 is 0 Å². The van der Waals surface area contributed by atoms with Crippen LogP contribution < -0.4 is 10.6 Å². The van der Waals surface area contributed by atoms with Crippen molar-refractivity contribution >= 4 is 17.9 Å². The number of amides is 3. The van der Waals surface area contributed by atoms with Crippen LogP contribution in [0, 0.1) is 5.92 Å². The Kier molecular flexibility index (Phi) is 10.9. The molecule has 3 atom stereocenters. The van der Waals surface area contributed by atoms with Crippen molar-refractivity contribution in [2.45, 2.75) is 105 Å². The summed E-state index contributed by atoms with van der Waals surface area (Å²) in [4.78, 5) is 41.4. The van der Waals surface area contributed by atoms with Gasteiger partial charge in [-0.15, -0.1) is 0 Å². The van der Waals surface area contributed by atoms with Gasteiger partial charge in [0.05, 0.1) is 0 Å². The molecule has 0 heterocycles. The number of hydrogen-bond acceptors (Lipinski definition) is 5. The van der Waals surface area contributed by atoms with Crippen LogP contribution in [0.2, 0.25) is 0 Å². The van der Waals surface area contributed by atoms with Gasteiger partial charge in [-0.3, -0.25) is 9.59 Å². The fraction of sp³-hybridized carbons (Fsp3) is 0.654. The Balaban J connectivity index is 3.53. The van der Waals surface area contributed by atoms with E-state index < -0.39 is 35.6 Å². The average molecular weight is 478 g/mol. The Morgan fingerprint density at radius 1 is 1.03 bits per heavy atom. The number of phenols is 1. The van der Waals surface area contributed by atoms with Crippen molar-refractivity contribution in [2.75, 3.05) is 0 Å². The zero-order valence-corrected chi connectivity index (χ0v) is 22.1. The SMILES string of the molecule is CCC(C)N(C(=O)C(CC(C)C)NC(=O)OC(C)(C)C)C(C(=O)NC(C)C)c1ccccc1O. The summed E-state index contributed by atoms with van der Waals surface area (Å²) in [7, 11) is 0. The molecule has 0 aliphatic carbocycles. The Bertz CT molecular complexity index is 832. The van der Waals surface area contributed by atoms with E-state index in [1.807, 2.05) is 41.5 Å². The van der Waals surface area contributed by atoms with Crippen molar-refractivity contribution in [1.82, 2.24) is 15.5 Å². The van der Waals surface area contributed by atoms with Crippen LogP contribution in [0.1, 0.15) is 86.8 Å². The molecule has 1 rings (SSSR count). The minimum atomic E-state index is -1.07. The lowest BCUT2D eigenvalue weighted by molar-refractivity contribution is -0.145. The molecule has 34 heavy (non-hydrogen) atoms. The molecule has 3 unspecified atom stereocenters. The highest BCUT2D eigenvalue weighted by molar-refractivity contribution is 5.92. The van der Waals surface area contributed by atoms with E-state index in [1.165, 1.54) is 11.0 Å². The molecule has 0 aliphatic rings. The zero-order valence-electron chi connectivity index (χ0n) is 22.1. The second-order valence-corrected chi connectivity index (χ2v) is 10.5. The molecule has 0 saturated heterocycles. The van der Waals surface area contributed by atoms with Crippen LogP contribution in [0.5, 0.6) is 5.75 Å². The highest BCUT2D eigenvalue weighted by Gasteiger charge is 2.39. The summed E-state index contributed by atoms with van der Waals surface area (Å²) in [5.41, 5.74) is -0.392. The van der Waals surface area contributed by atoms with Gasteiger partial charge in [-0.05, 0) is 66.4 Å². The quantitative estimate of drug-likeness (QED) is 0.459. The van der Waals surface area contributed by atoms with Gasteiger partial charge in [0.25, 0.3) is 0 Å². The van der Waals surface area contributed by atoms with Crippen LogP contribution >= 0.6 is 0 Å². The zero-order chi connectivity index (χ0) is 26.2. The van der Waals surface area contributed by atoms with Crippen LogP contribution in [0.3, 0.4) is 0 Å². The van der Waals surface area contributed by atoms with Crippen molar-refractivity contribution in [2.24, 2.45) is 5.92 Å². The second-order valence-electron chi connectivity index (χ2n) is 10.5. The van der Waals surface area contributed by atoms with E-state index in [0.29, 0.717) is 18.4 Å². The fourth-order valence-corrected chi connectivity index (χ4v) is 3.62. The number of alkyl carbamates (subject to hydrolysis) is 1. The number of carbonyl (C=O) groups is 3. The predicted molar refractivity (Wildman–Crippen MR) is 133 cm³/mol. The van der Waals surface area contributed by atoms with Crippen molar-refractivity contribution in [3.63, 3.8) is 0 Å². The largest absolute Gasteiger partial charge is 0.508 e. The summed E-state index contributed by atoms with van der Waals surface area (Å²) in [6, 6.07) is 4.04. The molecule has 0 radical (unpaired) electrons. The maximum absolute atomic E-state index is 14.0. The van der Waals surface area contributed by atoms with Gasteiger partial charge < -0.3 is 25.4 Å². The van der Waals surface area contributed by atoms with Crippen molar-refractivity contribution < 1.29 is 24.2 Å². The first-order valence-corrected chi connectivity index (χ1v) is 12.1. The third-order valence-corrected chi connectivity index (χ3v) is 5.21. The lowest BCUT2D eigenvalue weighted by atomic mass is 9.96. The fourth-order valence-electron chi connectivity index (χ4n) is 3.62. The van der Waals surface area contributed by atoms with Gasteiger partial charge in [-0.1, -0.05) is 39.0 Å². The standard InChI is InChI=1S/C26H43N3O5/c1-10-18(6)29(22(23(31)27-17(4)5)19-13-11-12-14-21(19)30)24(32)20(15-16(2)3)28-25(33)34-26(7,8)9/h11-14,16-18,20,22,30H,10,15H2,1-9H3,(H,27,31)(H,28,33). The molecule has 0 saturated carbocycles. The topological polar surface area (TPSA) is 108 Å². The maximum atomic E-state index is 14.0. The Morgan fingerprint density at radius 2 is 1.62 bits per heavy atom. The van der Waals surface area contributed by atoms with E-state index in [0.717, 1.165) is 0 Å². The van der Waals surface area contributed by atoms with E-state index in [9.17, 15) is 19.5 Å². The van der Waals surface area contributed by atoms with Crippen LogP contribution in [0.4, 0.5) is 4.79 Å². The normalized spacial score (nSPS) is 14.3. The Hall–Kier alpha value is -2.77. The summed E-state index contributed by atoms with van der Waals surface area (Å²) in [6.45, 7) is 16.6. The number of ether oxygens (including phenoxy) is 1. The summed E-state index contributed by atoms with van der Waals surface area (Å²) in [5.74, 6) is -0.782. The molecule has 3 N–H and O–H groups in total. The third kappa shape index (κ3) is 8.88. The van der Waals surface area contributed by atoms with Crippen molar-refractivity contribution in [1.29, 1.82) is 0 Å². The smallest absolute Gasteiger partial charge is 0.408 e. The monoisotopic (exact) mass is 477 g/mol. The number of carbonyl (C=O) groups excluding carboxylic acids is 3. The highest BCUT2D eigenvalue weighted by Crippen LogP contribution is 2.32. The Labute approximate surface area is 204 Å². The number of para-hydroxylation sites is 1. The van der Waals surface area contributed by atoms with Gasteiger partial charge in [0, 0.05) is 17.6 Å². The molecule has 8 heteroatoms. The van der Waals surface area contributed by atoms with E-state index in [4.69, 9.17) is 4.74 Å². The minimum absolute atomic E-state index is 0.0759. The average Bonchev–Trinajstić information content (AvgIpc) is 2.68. The minimum Gasteiger partial charge on any atom is -0.508 e. The molecule has 0 bridgehead atoms. The number of rotatable bonds is 10. The molecular formula is C26H43N3O5. The third-order valence-electron chi connectivity index (χ3n) is 5.21. The van der Waals surface area contributed by atoms with Gasteiger partial charge >= 0.3 is 6.09 Å². The molecule has 0 spiro atoms. The summed E-state index contributed by atoms with van der Waals surface area (Å²) in [5, 5.41) is 16.2. The van der Waals surface area contributed by atoms with Gasteiger partial charge in [0.2, 0.25) is 11.8 Å². The summed E-state index contributed by atoms with van der Waals surface area (Å²) >= 11 is 0. The number of benzene rings is 1.